The molecule has 0 saturated carbocycles. The van der Waals surface area contributed by atoms with Crippen molar-refractivity contribution in [2.24, 2.45) is 0 Å². The number of rotatable bonds is 3. The molecule has 2 aromatic rings. The van der Waals surface area contributed by atoms with E-state index < -0.39 is 0 Å². The third kappa shape index (κ3) is 2.70. The summed E-state index contributed by atoms with van der Waals surface area (Å²) in [6.45, 7) is 2.50. The summed E-state index contributed by atoms with van der Waals surface area (Å²) < 4.78 is 7.62. The van der Waals surface area contributed by atoms with Crippen LogP contribution in [0.2, 0.25) is 0 Å². The van der Waals surface area contributed by atoms with E-state index in [4.69, 9.17) is 4.74 Å². The Labute approximate surface area is 135 Å². The van der Waals surface area contributed by atoms with E-state index in [1.807, 2.05) is 47.1 Å². The highest BCUT2D eigenvalue weighted by atomic mass is 16.5. The van der Waals surface area contributed by atoms with E-state index in [0.29, 0.717) is 0 Å². The SMILES string of the molecule is CN1C(=O)CO[C@@H]2CN(c3ccn(Cc4ccccc4)n3)C[C@@H]21. The standard InChI is InChI=1S/C17H20N4O2/c1-19-14-10-20(11-15(14)23-12-17(19)22)16-7-8-21(18-16)9-13-5-3-2-4-6-13/h2-8,14-15H,9-12H2,1H3/t14-,15+/m0/s1. The number of nitrogens with zero attached hydrogens (tertiary/aromatic N) is 4. The fraction of sp³-hybridized carbons (Fsp3) is 0.412. The van der Waals surface area contributed by atoms with E-state index >= 15 is 0 Å². The maximum Gasteiger partial charge on any atom is 0.248 e. The van der Waals surface area contributed by atoms with E-state index in [-0.39, 0.29) is 24.7 Å². The average Bonchev–Trinajstić information content (AvgIpc) is 3.19. The number of hydrogen-bond donors (Lipinski definition) is 0. The lowest BCUT2D eigenvalue weighted by Crippen LogP contribution is -2.51. The first-order chi connectivity index (χ1) is 11.2. The molecule has 0 bridgehead atoms. The molecular formula is C17H20N4O2. The van der Waals surface area contributed by atoms with Crippen molar-refractivity contribution in [3.8, 4) is 0 Å². The highest BCUT2D eigenvalue weighted by Gasteiger charge is 2.42. The number of carbonyl (C=O) groups is 1. The highest BCUT2D eigenvalue weighted by molar-refractivity contribution is 5.78. The number of amides is 1. The summed E-state index contributed by atoms with van der Waals surface area (Å²) in [5.74, 6) is 1.00. The second-order valence-electron chi connectivity index (χ2n) is 6.18. The van der Waals surface area contributed by atoms with Crippen LogP contribution in [0.15, 0.2) is 42.6 Å². The third-order valence-corrected chi connectivity index (χ3v) is 4.69. The number of hydrogen-bond acceptors (Lipinski definition) is 4. The first kappa shape index (κ1) is 14.3. The van der Waals surface area contributed by atoms with Crippen LogP contribution >= 0.6 is 0 Å². The lowest BCUT2D eigenvalue weighted by Gasteiger charge is -2.33. The maximum atomic E-state index is 11.7. The average molecular weight is 312 g/mol. The first-order valence-electron chi connectivity index (χ1n) is 7.90. The van der Waals surface area contributed by atoms with Gasteiger partial charge in [-0.1, -0.05) is 30.3 Å². The number of carbonyl (C=O) groups excluding carboxylic acids is 1. The Morgan fingerprint density at radius 1 is 1.22 bits per heavy atom. The molecule has 1 aromatic heterocycles. The molecule has 0 spiro atoms. The number of morpholine rings is 1. The minimum Gasteiger partial charge on any atom is -0.364 e. The van der Waals surface area contributed by atoms with E-state index in [1.54, 1.807) is 0 Å². The second kappa shape index (κ2) is 5.70. The molecule has 0 N–H and O–H groups in total. The van der Waals surface area contributed by atoms with Gasteiger partial charge in [0.2, 0.25) is 5.91 Å². The molecule has 2 atom stereocenters. The lowest BCUT2D eigenvalue weighted by molar-refractivity contribution is -0.150. The smallest absolute Gasteiger partial charge is 0.248 e. The van der Waals surface area contributed by atoms with Crippen LogP contribution in [0, 0.1) is 0 Å². The largest absolute Gasteiger partial charge is 0.364 e. The van der Waals surface area contributed by atoms with Crippen LogP contribution < -0.4 is 4.90 Å². The van der Waals surface area contributed by atoms with E-state index in [9.17, 15) is 4.79 Å². The van der Waals surface area contributed by atoms with Gasteiger partial charge in [-0.05, 0) is 5.56 Å². The molecular weight excluding hydrogens is 292 g/mol. The number of benzene rings is 1. The summed E-state index contributed by atoms with van der Waals surface area (Å²) in [6.07, 6.45) is 2.08. The molecule has 6 nitrogen and oxygen atoms in total. The number of fused-ring (bicyclic) bond motifs is 1. The van der Waals surface area contributed by atoms with Crippen molar-refractivity contribution in [1.29, 1.82) is 0 Å². The van der Waals surface area contributed by atoms with Crippen LogP contribution in [0.5, 0.6) is 0 Å². The van der Waals surface area contributed by atoms with Crippen molar-refractivity contribution in [1.82, 2.24) is 14.7 Å². The Morgan fingerprint density at radius 2 is 2.04 bits per heavy atom. The van der Waals surface area contributed by atoms with Gasteiger partial charge in [0.25, 0.3) is 0 Å². The molecule has 2 aliphatic rings. The molecule has 0 radical (unpaired) electrons. The summed E-state index contributed by atoms with van der Waals surface area (Å²) in [5.41, 5.74) is 1.23. The van der Waals surface area contributed by atoms with Crippen molar-refractivity contribution >= 4 is 11.7 Å². The molecule has 120 valence electrons. The van der Waals surface area contributed by atoms with E-state index in [2.05, 4.69) is 22.1 Å². The number of aromatic nitrogens is 2. The summed E-state index contributed by atoms with van der Waals surface area (Å²) in [5, 5.41) is 4.67. The molecule has 1 amide bonds. The summed E-state index contributed by atoms with van der Waals surface area (Å²) in [4.78, 5) is 15.8. The van der Waals surface area contributed by atoms with Gasteiger partial charge in [-0.3, -0.25) is 9.48 Å². The quantitative estimate of drug-likeness (QED) is 0.848. The van der Waals surface area contributed by atoms with Crippen LogP contribution in [0.3, 0.4) is 0 Å². The van der Waals surface area contributed by atoms with Crippen molar-refractivity contribution < 1.29 is 9.53 Å². The van der Waals surface area contributed by atoms with Crippen molar-refractivity contribution in [3.05, 3.63) is 48.2 Å². The molecule has 23 heavy (non-hydrogen) atoms. The molecule has 1 aromatic carbocycles. The van der Waals surface area contributed by atoms with Crippen LogP contribution in [-0.2, 0) is 16.1 Å². The van der Waals surface area contributed by atoms with E-state index in [1.165, 1.54) is 5.56 Å². The van der Waals surface area contributed by atoms with Gasteiger partial charge in [-0.25, -0.2) is 0 Å². The fourth-order valence-corrected chi connectivity index (χ4v) is 3.32. The lowest BCUT2D eigenvalue weighted by atomic mass is 10.1. The van der Waals surface area contributed by atoms with Gasteiger partial charge in [-0.15, -0.1) is 0 Å². The summed E-state index contributed by atoms with van der Waals surface area (Å²) >= 11 is 0. The molecule has 0 unspecified atom stereocenters. The highest BCUT2D eigenvalue weighted by Crippen LogP contribution is 2.26. The molecule has 4 rings (SSSR count). The normalized spacial score (nSPS) is 24.1. The molecule has 6 heteroatoms. The zero-order valence-corrected chi connectivity index (χ0v) is 13.1. The maximum absolute atomic E-state index is 11.7. The monoisotopic (exact) mass is 312 g/mol. The van der Waals surface area contributed by atoms with Crippen LogP contribution in [-0.4, -0.2) is 59.5 Å². The first-order valence-corrected chi connectivity index (χ1v) is 7.90. The number of ether oxygens (including phenoxy) is 1. The molecule has 2 saturated heterocycles. The Bertz CT molecular complexity index is 700. The Hall–Kier alpha value is -2.34. The van der Waals surface area contributed by atoms with Crippen molar-refractivity contribution in [2.45, 2.75) is 18.7 Å². The van der Waals surface area contributed by atoms with Crippen molar-refractivity contribution in [2.75, 3.05) is 31.6 Å². The number of likely N-dealkylation sites (N-methyl/N-ethyl adjacent to an activating group) is 1. The Kier molecular flexibility index (Phi) is 3.53. The second-order valence-corrected chi connectivity index (χ2v) is 6.18. The predicted molar refractivity (Wildman–Crippen MR) is 86.3 cm³/mol. The zero-order valence-electron chi connectivity index (χ0n) is 13.1. The molecule has 0 aliphatic carbocycles. The van der Waals surface area contributed by atoms with Crippen LogP contribution in [0.25, 0.3) is 0 Å². The van der Waals surface area contributed by atoms with Crippen LogP contribution in [0.4, 0.5) is 5.82 Å². The summed E-state index contributed by atoms with van der Waals surface area (Å²) in [6, 6.07) is 12.4. The van der Waals surface area contributed by atoms with Gasteiger partial charge in [0.15, 0.2) is 5.82 Å². The predicted octanol–water partition coefficient (Wildman–Crippen LogP) is 0.977. The Morgan fingerprint density at radius 3 is 2.87 bits per heavy atom. The van der Waals surface area contributed by atoms with Gasteiger partial charge in [0, 0.05) is 32.4 Å². The molecule has 2 fully saturated rings. The topological polar surface area (TPSA) is 50.6 Å². The van der Waals surface area contributed by atoms with E-state index in [0.717, 1.165) is 25.5 Å². The summed E-state index contributed by atoms with van der Waals surface area (Å²) in [7, 11) is 1.86. The minimum absolute atomic E-state index is 0.0581. The Balaban J connectivity index is 1.46. The molecule has 3 heterocycles. The third-order valence-electron chi connectivity index (χ3n) is 4.69. The zero-order chi connectivity index (χ0) is 15.8. The molecule has 2 aliphatic heterocycles. The number of anilines is 1. The van der Waals surface area contributed by atoms with Gasteiger partial charge in [-0.2, -0.15) is 5.10 Å². The van der Waals surface area contributed by atoms with Gasteiger partial charge in [0.05, 0.1) is 18.7 Å². The van der Waals surface area contributed by atoms with Crippen molar-refractivity contribution in [3.63, 3.8) is 0 Å². The van der Waals surface area contributed by atoms with Crippen LogP contribution in [0.1, 0.15) is 5.56 Å². The minimum atomic E-state index is 0.0581. The van der Waals surface area contributed by atoms with Gasteiger partial charge < -0.3 is 14.5 Å². The van der Waals surface area contributed by atoms with Gasteiger partial charge in [0.1, 0.15) is 6.61 Å². The fourth-order valence-electron chi connectivity index (χ4n) is 3.32. The van der Waals surface area contributed by atoms with Gasteiger partial charge >= 0.3 is 0 Å².